The number of rotatable bonds is 5. The summed E-state index contributed by atoms with van der Waals surface area (Å²) in [4.78, 5) is 2.59. The molecule has 0 aromatic rings. The van der Waals surface area contributed by atoms with Crippen molar-refractivity contribution < 1.29 is 5.21 Å². The monoisotopic (exact) mass is 227 g/mol. The summed E-state index contributed by atoms with van der Waals surface area (Å²) in [6, 6.07) is 1.43. The van der Waals surface area contributed by atoms with E-state index in [1.165, 1.54) is 19.3 Å². The Hall–Kier alpha value is -0.770. The third-order valence-corrected chi connectivity index (χ3v) is 3.60. The van der Waals surface area contributed by atoms with E-state index in [0.717, 1.165) is 19.4 Å². The number of nitrogens with zero attached hydrogens (tertiary/aromatic N) is 2. The number of oxime groups is 1. The van der Waals surface area contributed by atoms with Crippen LogP contribution in [0, 0.1) is 0 Å². The second-order valence-corrected chi connectivity index (χ2v) is 4.92. The van der Waals surface area contributed by atoms with E-state index in [4.69, 9.17) is 10.9 Å². The van der Waals surface area contributed by atoms with Crippen molar-refractivity contribution in [1.82, 2.24) is 4.90 Å². The zero-order valence-corrected chi connectivity index (χ0v) is 10.5. The van der Waals surface area contributed by atoms with Crippen LogP contribution < -0.4 is 5.73 Å². The molecule has 4 nitrogen and oxygen atoms in total. The topological polar surface area (TPSA) is 61.8 Å². The molecule has 2 atom stereocenters. The number of likely N-dealkylation sites (tertiary alicyclic amines) is 1. The van der Waals surface area contributed by atoms with E-state index in [9.17, 15) is 0 Å². The number of nitrogens with two attached hydrogens (primary N) is 1. The average Bonchev–Trinajstić information content (AvgIpc) is 2.27. The largest absolute Gasteiger partial charge is 0.409 e. The summed E-state index contributed by atoms with van der Waals surface area (Å²) >= 11 is 0. The summed E-state index contributed by atoms with van der Waals surface area (Å²) in [5.74, 6) is 0.347. The first-order valence-electron chi connectivity index (χ1n) is 6.37. The molecule has 4 heteroatoms. The van der Waals surface area contributed by atoms with Crippen molar-refractivity contribution in [2.45, 2.75) is 64.5 Å². The van der Waals surface area contributed by atoms with Gasteiger partial charge < -0.3 is 10.9 Å². The Kier molecular flexibility index (Phi) is 5.60. The second kappa shape index (κ2) is 6.74. The number of piperidine rings is 1. The fraction of sp³-hybridized carbons (Fsp3) is 0.917. The number of hydrogen-bond donors (Lipinski definition) is 2. The van der Waals surface area contributed by atoms with Crippen LogP contribution in [0.2, 0.25) is 0 Å². The van der Waals surface area contributed by atoms with E-state index in [2.05, 4.69) is 23.9 Å². The van der Waals surface area contributed by atoms with Crippen LogP contribution in [0.4, 0.5) is 0 Å². The lowest BCUT2D eigenvalue weighted by Crippen LogP contribution is -2.44. The smallest absolute Gasteiger partial charge is 0.139 e. The van der Waals surface area contributed by atoms with Gasteiger partial charge >= 0.3 is 0 Å². The maximum Gasteiger partial charge on any atom is 0.139 e. The summed E-state index contributed by atoms with van der Waals surface area (Å²) < 4.78 is 0. The van der Waals surface area contributed by atoms with Gasteiger partial charge in [0.15, 0.2) is 0 Å². The molecule has 1 aliphatic rings. The predicted molar refractivity (Wildman–Crippen MR) is 66.7 cm³/mol. The van der Waals surface area contributed by atoms with Crippen LogP contribution in [0.25, 0.3) is 0 Å². The zero-order chi connectivity index (χ0) is 12.0. The highest BCUT2D eigenvalue weighted by Gasteiger charge is 2.23. The van der Waals surface area contributed by atoms with Crippen molar-refractivity contribution in [2.24, 2.45) is 10.9 Å². The number of hydrogen-bond acceptors (Lipinski definition) is 3. The lowest BCUT2D eigenvalue weighted by atomic mass is 9.97. The molecular formula is C12H25N3O. The summed E-state index contributed by atoms with van der Waals surface area (Å²) in [5, 5.41) is 11.4. The SMILES string of the molecule is CC1CCCC(C)N1CCCC/C(N)=N/O. The van der Waals surface area contributed by atoms with Crippen LogP contribution in [0.3, 0.4) is 0 Å². The molecular weight excluding hydrogens is 202 g/mol. The van der Waals surface area contributed by atoms with Crippen LogP contribution in [0.15, 0.2) is 5.16 Å². The standard InChI is InChI=1S/C12H25N3O/c1-10-6-5-7-11(2)15(10)9-4-3-8-12(13)14-16/h10-11,16H,3-9H2,1-2H3,(H2,13,14). The van der Waals surface area contributed by atoms with Gasteiger partial charge in [0.1, 0.15) is 5.84 Å². The Bertz CT molecular complexity index is 220. The van der Waals surface area contributed by atoms with E-state index in [0.29, 0.717) is 24.3 Å². The number of amidine groups is 1. The molecule has 1 fully saturated rings. The molecule has 16 heavy (non-hydrogen) atoms. The molecule has 3 N–H and O–H groups in total. The minimum Gasteiger partial charge on any atom is -0.409 e. The first-order chi connectivity index (χ1) is 7.65. The first-order valence-corrected chi connectivity index (χ1v) is 6.37. The van der Waals surface area contributed by atoms with E-state index in [-0.39, 0.29) is 0 Å². The molecule has 0 amide bonds. The van der Waals surface area contributed by atoms with Crippen molar-refractivity contribution in [3.05, 3.63) is 0 Å². The van der Waals surface area contributed by atoms with Crippen LogP contribution in [-0.2, 0) is 0 Å². The van der Waals surface area contributed by atoms with Gasteiger partial charge in [-0.3, -0.25) is 4.90 Å². The van der Waals surface area contributed by atoms with Crippen molar-refractivity contribution >= 4 is 5.84 Å². The minimum absolute atomic E-state index is 0.347. The molecule has 0 spiro atoms. The highest BCUT2D eigenvalue weighted by molar-refractivity contribution is 5.79. The van der Waals surface area contributed by atoms with E-state index in [1.54, 1.807) is 0 Å². The summed E-state index contributed by atoms with van der Waals surface area (Å²) in [6.07, 6.45) is 6.85. The molecule has 0 radical (unpaired) electrons. The van der Waals surface area contributed by atoms with Gasteiger partial charge in [-0.25, -0.2) is 0 Å². The van der Waals surface area contributed by atoms with Crippen molar-refractivity contribution in [3.63, 3.8) is 0 Å². The molecule has 0 aromatic carbocycles. The Labute approximate surface area is 98.5 Å². The van der Waals surface area contributed by atoms with Gasteiger partial charge in [0.05, 0.1) is 0 Å². The minimum atomic E-state index is 0.347. The molecule has 0 aliphatic carbocycles. The van der Waals surface area contributed by atoms with Gasteiger partial charge in [-0.05, 0) is 46.1 Å². The summed E-state index contributed by atoms with van der Waals surface area (Å²) in [5.41, 5.74) is 5.43. The lowest BCUT2D eigenvalue weighted by Gasteiger charge is -2.39. The third-order valence-electron chi connectivity index (χ3n) is 3.60. The first kappa shape index (κ1) is 13.3. The maximum atomic E-state index is 8.42. The molecule has 94 valence electrons. The number of unbranched alkanes of at least 4 members (excludes halogenated alkanes) is 1. The Morgan fingerprint density at radius 3 is 2.50 bits per heavy atom. The molecule has 2 unspecified atom stereocenters. The second-order valence-electron chi connectivity index (χ2n) is 4.92. The predicted octanol–water partition coefficient (Wildman–Crippen LogP) is 2.17. The normalized spacial score (nSPS) is 28.2. The molecule has 0 saturated carbocycles. The third kappa shape index (κ3) is 4.00. The average molecular weight is 227 g/mol. The van der Waals surface area contributed by atoms with Gasteiger partial charge in [-0.1, -0.05) is 11.6 Å². The summed E-state index contributed by atoms with van der Waals surface area (Å²) in [6.45, 7) is 5.78. The maximum absolute atomic E-state index is 8.42. The van der Waals surface area contributed by atoms with Crippen LogP contribution in [0.5, 0.6) is 0 Å². The Morgan fingerprint density at radius 1 is 1.31 bits per heavy atom. The van der Waals surface area contributed by atoms with Crippen LogP contribution in [0.1, 0.15) is 52.4 Å². The molecule has 1 rings (SSSR count). The van der Waals surface area contributed by atoms with E-state index >= 15 is 0 Å². The van der Waals surface area contributed by atoms with Crippen molar-refractivity contribution in [1.29, 1.82) is 0 Å². The Morgan fingerprint density at radius 2 is 1.94 bits per heavy atom. The molecule has 1 heterocycles. The zero-order valence-electron chi connectivity index (χ0n) is 10.5. The van der Waals surface area contributed by atoms with Gasteiger partial charge in [0.25, 0.3) is 0 Å². The quantitative estimate of drug-likeness (QED) is 0.249. The van der Waals surface area contributed by atoms with Crippen molar-refractivity contribution in [2.75, 3.05) is 6.54 Å². The molecule has 1 aliphatic heterocycles. The highest BCUT2D eigenvalue weighted by atomic mass is 16.4. The van der Waals surface area contributed by atoms with Gasteiger partial charge in [-0.15, -0.1) is 0 Å². The van der Waals surface area contributed by atoms with E-state index < -0.39 is 0 Å². The molecule has 0 bridgehead atoms. The van der Waals surface area contributed by atoms with Crippen LogP contribution in [-0.4, -0.2) is 34.6 Å². The van der Waals surface area contributed by atoms with Gasteiger partial charge in [-0.2, -0.15) is 0 Å². The van der Waals surface area contributed by atoms with Gasteiger partial charge in [0.2, 0.25) is 0 Å². The fourth-order valence-electron chi connectivity index (χ4n) is 2.57. The fourth-order valence-corrected chi connectivity index (χ4v) is 2.57. The summed E-state index contributed by atoms with van der Waals surface area (Å²) in [7, 11) is 0. The molecule has 0 aromatic heterocycles. The molecule has 1 saturated heterocycles. The van der Waals surface area contributed by atoms with Crippen LogP contribution >= 0.6 is 0 Å². The lowest BCUT2D eigenvalue weighted by molar-refractivity contribution is 0.102. The van der Waals surface area contributed by atoms with E-state index in [1.807, 2.05) is 0 Å². The van der Waals surface area contributed by atoms with Crippen molar-refractivity contribution in [3.8, 4) is 0 Å². The van der Waals surface area contributed by atoms with Gasteiger partial charge in [0, 0.05) is 18.5 Å². The Balaban J connectivity index is 2.20. The highest BCUT2D eigenvalue weighted by Crippen LogP contribution is 2.22.